The molecule has 9 nitrogen and oxygen atoms in total. The Kier molecular flexibility index (Phi) is 5.50. The zero-order chi connectivity index (χ0) is 17.6. The Labute approximate surface area is 154 Å². The van der Waals surface area contributed by atoms with E-state index in [1.54, 1.807) is 24.2 Å². The number of aromatic nitrogens is 7. The van der Waals surface area contributed by atoms with Crippen molar-refractivity contribution in [3.63, 3.8) is 0 Å². The van der Waals surface area contributed by atoms with Gasteiger partial charge >= 0.3 is 0 Å². The first-order valence-electron chi connectivity index (χ1n) is 8.62. The lowest BCUT2D eigenvalue weighted by Crippen LogP contribution is -2.16. The largest absolute Gasteiger partial charge is 0.376 e. The number of rotatable bonds is 8. The number of tetrazole rings is 1. The average Bonchev–Trinajstić information content (AvgIpc) is 3.43. The van der Waals surface area contributed by atoms with Gasteiger partial charge in [0.15, 0.2) is 0 Å². The van der Waals surface area contributed by atoms with Crippen LogP contribution in [0.3, 0.4) is 0 Å². The van der Waals surface area contributed by atoms with Crippen LogP contribution in [0.2, 0.25) is 0 Å². The molecule has 4 rings (SSSR count). The molecular weight excluding hydrogens is 354 g/mol. The fourth-order valence-corrected chi connectivity index (χ4v) is 3.58. The molecule has 0 aromatic carbocycles. The summed E-state index contributed by atoms with van der Waals surface area (Å²) >= 11 is 1.63. The van der Waals surface area contributed by atoms with Crippen molar-refractivity contribution in [1.29, 1.82) is 0 Å². The molecule has 0 spiro atoms. The second kappa shape index (κ2) is 8.37. The molecular formula is C16H19N7O2S. The van der Waals surface area contributed by atoms with Gasteiger partial charge in [0.1, 0.15) is 0 Å². The van der Waals surface area contributed by atoms with Gasteiger partial charge in [-0.25, -0.2) is 4.68 Å². The molecule has 0 aliphatic carbocycles. The smallest absolute Gasteiger partial charge is 0.226 e. The van der Waals surface area contributed by atoms with Crippen LogP contribution < -0.4 is 0 Å². The van der Waals surface area contributed by atoms with Crippen LogP contribution in [0, 0.1) is 0 Å². The number of ether oxygens (including phenoxy) is 1. The van der Waals surface area contributed by atoms with Crippen molar-refractivity contribution in [1.82, 2.24) is 35.3 Å². The van der Waals surface area contributed by atoms with Gasteiger partial charge in [0, 0.05) is 36.7 Å². The van der Waals surface area contributed by atoms with E-state index in [4.69, 9.17) is 9.26 Å². The number of aryl methyl sites for hydroxylation is 1. The highest BCUT2D eigenvalue weighted by atomic mass is 32.2. The monoisotopic (exact) mass is 373 g/mol. The first kappa shape index (κ1) is 17.1. The minimum atomic E-state index is 0.225. The lowest BCUT2D eigenvalue weighted by molar-refractivity contribution is 0.0912. The maximum Gasteiger partial charge on any atom is 0.226 e. The predicted molar refractivity (Wildman–Crippen MR) is 93.4 cm³/mol. The van der Waals surface area contributed by atoms with E-state index in [-0.39, 0.29) is 6.10 Å². The van der Waals surface area contributed by atoms with Crippen LogP contribution >= 0.6 is 11.8 Å². The molecule has 1 aliphatic heterocycles. The van der Waals surface area contributed by atoms with Crippen LogP contribution in [0.5, 0.6) is 0 Å². The Morgan fingerprint density at radius 3 is 3.04 bits per heavy atom. The van der Waals surface area contributed by atoms with Crippen LogP contribution in [0.1, 0.15) is 25.2 Å². The summed E-state index contributed by atoms with van der Waals surface area (Å²) in [5.41, 5.74) is 0.901. The van der Waals surface area contributed by atoms with Gasteiger partial charge in [0.25, 0.3) is 0 Å². The molecule has 1 fully saturated rings. The minimum Gasteiger partial charge on any atom is -0.376 e. The van der Waals surface area contributed by atoms with E-state index in [1.807, 2.05) is 16.8 Å². The van der Waals surface area contributed by atoms with Gasteiger partial charge in [-0.1, -0.05) is 16.9 Å². The summed E-state index contributed by atoms with van der Waals surface area (Å²) in [4.78, 5) is 8.41. The van der Waals surface area contributed by atoms with Gasteiger partial charge < -0.3 is 9.26 Å². The first-order valence-corrected chi connectivity index (χ1v) is 9.60. The van der Waals surface area contributed by atoms with Gasteiger partial charge in [-0.05, 0) is 41.8 Å². The molecule has 0 radical (unpaired) electrons. The van der Waals surface area contributed by atoms with Crippen molar-refractivity contribution in [3.05, 3.63) is 30.4 Å². The van der Waals surface area contributed by atoms with Crippen molar-refractivity contribution in [2.24, 2.45) is 0 Å². The van der Waals surface area contributed by atoms with Crippen molar-refractivity contribution < 1.29 is 9.26 Å². The Hall–Kier alpha value is -2.33. The molecule has 4 heterocycles. The van der Waals surface area contributed by atoms with E-state index in [2.05, 4.69) is 30.7 Å². The van der Waals surface area contributed by atoms with Crippen LogP contribution in [0.15, 0.2) is 34.2 Å². The number of hydrogen-bond donors (Lipinski definition) is 0. The molecule has 1 saturated heterocycles. The number of nitrogens with zero attached hydrogens (tertiary/aromatic N) is 7. The fraction of sp³-hybridized carbons (Fsp3) is 0.500. The SMILES string of the molecule is c1cc(-c2noc(CCCSc3nnnn3CC3CCCO3)n2)ccn1. The van der Waals surface area contributed by atoms with Crippen molar-refractivity contribution >= 4 is 11.8 Å². The molecule has 10 heteroatoms. The van der Waals surface area contributed by atoms with Crippen molar-refractivity contribution in [2.45, 2.75) is 43.5 Å². The highest BCUT2D eigenvalue weighted by Gasteiger charge is 2.18. The summed E-state index contributed by atoms with van der Waals surface area (Å²) in [6.07, 6.45) is 7.45. The van der Waals surface area contributed by atoms with E-state index in [1.165, 1.54) is 0 Å². The zero-order valence-electron chi connectivity index (χ0n) is 14.2. The summed E-state index contributed by atoms with van der Waals surface area (Å²) in [5.74, 6) is 2.10. The van der Waals surface area contributed by atoms with E-state index in [9.17, 15) is 0 Å². The molecule has 136 valence electrons. The van der Waals surface area contributed by atoms with Crippen LogP contribution in [-0.4, -0.2) is 53.8 Å². The highest BCUT2D eigenvalue weighted by molar-refractivity contribution is 7.99. The third-order valence-corrected chi connectivity index (χ3v) is 5.12. The second-order valence-electron chi connectivity index (χ2n) is 5.98. The molecule has 0 saturated carbocycles. The highest BCUT2D eigenvalue weighted by Crippen LogP contribution is 2.20. The van der Waals surface area contributed by atoms with Gasteiger partial charge in [-0.3, -0.25) is 4.98 Å². The predicted octanol–water partition coefficient (Wildman–Crippen LogP) is 2.02. The number of hydrogen-bond acceptors (Lipinski definition) is 9. The third kappa shape index (κ3) is 4.25. The number of thioether (sulfide) groups is 1. The second-order valence-corrected chi connectivity index (χ2v) is 7.04. The van der Waals surface area contributed by atoms with Gasteiger partial charge in [0.2, 0.25) is 16.9 Å². The Balaban J connectivity index is 1.25. The summed E-state index contributed by atoms with van der Waals surface area (Å²) in [6.45, 7) is 1.55. The Morgan fingerprint density at radius 1 is 1.27 bits per heavy atom. The van der Waals surface area contributed by atoms with Crippen molar-refractivity contribution in [3.8, 4) is 11.4 Å². The summed E-state index contributed by atoms with van der Waals surface area (Å²) < 4.78 is 12.8. The van der Waals surface area contributed by atoms with Crippen molar-refractivity contribution in [2.75, 3.05) is 12.4 Å². The maximum atomic E-state index is 5.65. The lowest BCUT2D eigenvalue weighted by atomic mass is 10.2. The Morgan fingerprint density at radius 2 is 2.19 bits per heavy atom. The van der Waals surface area contributed by atoms with Crippen LogP contribution in [-0.2, 0) is 17.7 Å². The quantitative estimate of drug-likeness (QED) is 0.433. The fourth-order valence-electron chi connectivity index (χ4n) is 2.76. The zero-order valence-corrected chi connectivity index (χ0v) is 15.0. The molecule has 0 N–H and O–H groups in total. The summed E-state index contributed by atoms with van der Waals surface area (Å²) in [6, 6.07) is 3.72. The molecule has 0 amide bonds. The van der Waals surface area contributed by atoms with E-state index < -0.39 is 0 Å². The van der Waals surface area contributed by atoms with E-state index in [0.717, 1.165) is 48.8 Å². The van der Waals surface area contributed by atoms with Gasteiger partial charge in [-0.2, -0.15) is 4.98 Å². The van der Waals surface area contributed by atoms with Crippen LogP contribution in [0.25, 0.3) is 11.4 Å². The molecule has 0 bridgehead atoms. The first-order chi connectivity index (χ1) is 12.9. The van der Waals surface area contributed by atoms with Gasteiger partial charge in [-0.15, -0.1) is 5.10 Å². The Bertz CT molecular complexity index is 817. The molecule has 26 heavy (non-hydrogen) atoms. The normalized spacial score (nSPS) is 17.0. The molecule has 3 aromatic rings. The van der Waals surface area contributed by atoms with E-state index >= 15 is 0 Å². The van der Waals surface area contributed by atoms with E-state index in [0.29, 0.717) is 18.3 Å². The lowest BCUT2D eigenvalue weighted by Gasteiger charge is -2.09. The standard InChI is InChI=1S/C16H19N7O2S/c1-3-13(24-9-1)11-23-16(19-21-22-23)26-10-2-4-14-18-15(20-25-14)12-5-7-17-8-6-12/h5-8,13H,1-4,9-11H2. The number of pyridine rings is 1. The molecule has 3 aromatic heterocycles. The minimum absolute atomic E-state index is 0.225. The maximum absolute atomic E-state index is 5.65. The average molecular weight is 373 g/mol. The van der Waals surface area contributed by atoms with Crippen LogP contribution in [0.4, 0.5) is 0 Å². The topological polar surface area (TPSA) is 105 Å². The summed E-state index contributed by atoms with van der Waals surface area (Å²) in [5, 5.41) is 16.8. The molecule has 1 aliphatic rings. The molecule has 1 unspecified atom stereocenters. The van der Waals surface area contributed by atoms with Gasteiger partial charge in [0.05, 0.1) is 12.6 Å². The third-order valence-electron chi connectivity index (χ3n) is 4.07. The summed E-state index contributed by atoms with van der Waals surface area (Å²) in [7, 11) is 0. The molecule has 1 atom stereocenters.